The molecule has 3 N–H and O–H groups in total. The lowest BCUT2D eigenvalue weighted by atomic mass is 9.79. The number of ether oxygens (including phenoxy) is 1. The summed E-state index contributed by atoms with van der Waals surface area (Å²) in [6.07, 6.45) is 2.75. The summed E-state index contributed by atoms with van der Waals surface area (Å²) in [5.74, 6) is 0.780. The van der Waals surface area contributed by atoms with E-state index in [2.05, 4.69) is 0 Å². The maximum absolute atomic E-state index is 10.4. The molecule has 2 rings (SSSR count). The molecule has 0 saturated carbocycles. The van der Waals surface area contributed by atoms with Gasteiger partial charge >= 0.3 is 0 Å². The molecular formula is C12H18ClNO2. The van der Waals surface area contributed by atoms with Crippen LogP contribution in [0.1, 0.15) is 24.0 Å². The summed E-state index contributed by atoms with van der Waals surface area (Å²) in [6, 6.07) is 5.86. The van der Waals surface area contributed by atoms with Crippen LogP contribution >= 0.6 is 12.4 Å². The highest BCUT2D eigenvalue weighted by Crippen LogP contribution is 2.36. The third kappa shape index (κ3) is 2.17. The van der Waals surface area contributed by atoms with Crippen LogP contribution in [0, 0.1) is 0 Å². The largest absolute Gasteiger partial charge is 0.497 e. The lowest BCUT2D eigenvalue weighted by Crippen LogP contribution is -2.38. The quantitative estimate of drug-likeness (QED) is 0.830. The van der Waals surface area contributed by atoms with Gasteiger partial charge in [0.15, 0.2) is 0 Å². The number of rotatable bonds is 2. The van der Waals surface area contributed by atoms with E-state index in [-0.39, 0.29) is 19.0 Å². The fourth-order valence-electron chi connectivity index (χ4n) is 2.25. The van der Waals surface area contributed by atoms with Crippen molar-refractivity contribution < 1.29 is 9.84 Å². The number of aliphatic hydroxyl groups is 1. The zero-order chi connectivity index (χ0) is 10.9. The molecule has 1 aliphatic rings. The van der Waals surface area contributed by atoms with Gasteiger partial charge < -0.3 is 15.6 Å². The molecule has 0 radical (unpaired) electrons. The van der Waals surface area contributed by atoms with E-state index >= 15 is 0 Å². The zero-order valence-electron chi connectivity index (χ0n) is 9.40. The number of methoxy groups -OCH3 is 1. The van der Waals surface area contributed by atoms with Gasteiger partial charge in [-0.3, -0.25) is 0 Å². The van der Waals surface area contributed by atoms with Crippen LogP contribution in [0.4, 0.5) is 0 Å². The molecule has 0 heterocycles. The van der Waals surface area contributed by atoms with Gasteiger partial charge in [0.1, 0.15) is 11.4 Å². The molecule has 4 heteroatoms. The third-order valence-electron chi connectivity index (χ3n) is 3.19. The van der Waals surface area contributed by atoms with Crippen LogP contribution in [0.3, 0.4) is 0 Å². The first-order valence-electron chi connectivity index (χ1n) is 5.29. The Bertz CT molecular complexity index is 370. The van der Waals surface area contributed by atoms with Crippen LogP contribution in [-0.4, -0.2) is 18.8 Å². The number of fused-ring (bicyclic) bond motifs is 1. The van der Waals surface area contributed by atoms with E-state index < -0.39 is 5.60 Å². The number of halogens is 1. The highest BCUT2D eigenvalue weighted by atomic mass is 35.5. The fraction of sp³-hybridized carbons (Fsp3) is 0.500. The van der Waals surface area contributed by atoms with E-state index in [4.69, 9.17) is 10.5 Å². The first-order valence-corrected chi connectivity index (χ1v) is 5.29. The second-order valence-electron chi connectivity index (χ2n) is 4.11. The van der Waals surface area contributed by atoms with Crippen molar-refractivity contribution in [2.24, 2.45) is 5.73 Å². The standard InChI is InChI=1S/C12H17NO2.ClH/c1-15-10-5-4-9-3-2-6-12(14,8-13)11(9)7-10;/h4-5,7,14H,2-3,6,8,13H2,1H3;1H. The minimum absolute atomic E-state index is 0. The monoisotopic (exact) mass is 243 g/mol. The molecule has 3 nitrogen and oxygen atoms in total. The normalized spacial score (nSPS) is 23.2. The molecule has 1 aromatic rings. The van der Waals surface area contributed by atoms with Crippen molar-refractivity contribution >= 4 is 12.4 Å². The summed E-state index contributed by atoms with van der Waals surface area (Å²) in [6.45, 7) is 0.271. The van der Waals surface area contributed by atoms with Gasteiger partial charge in [-0.1, -0.05) is 6.07 Å². The summed E-state index contributed by atoms with van der Waals surface area (Å²) in [5.41, 5.74) is 6.92. The van der Waals surface area contributed by atoms with Crippen LogP contribution in [0.25, 0.3) is 0 Å². The predicted molar refractivity (Wildman–Crippen MR) is 66.1 cm³/mol. The minimum Gasteiger partial charge on any atom is -0.497 e. The van der Waals surface area contributed by atoms with Gasteiger partial charge in [-0.05, 0) is 42.5 Å². The lowest BCUT2D eigenvalue weighted by Gasteiger charge is -2.33. The Hall–Kier alpha value is -0.770. The molecule has 0 fully saturated rings. The molecule has 0 aromatic heterocycles. The van der Waals surface area contributed by atoms with Crippen LogP contribution < -0.4 is 10.5 Å². The van der Waals surface area contributed by atoms with Gasteiger partial charge in [-0.25, -0.2) is 0 Å². The molecule has 90 valence electrons. The third-order valence-corrected chi connectivity index (χ3v) is 3.19. The average Bonchev–Trinajstić information content (AvgIpc) is 2.29. The van der Waals surface area contributed by atoms with E-state index in [1.165, 1.54) is 5.56 Å². The molecular weight excluding hydrogens is 226 g/mol. The van der Waals surface area contributed by atoms with E-state index in [9.17, 15) is 5.11 Å². The van der Waals surface area contributed by atoms with Crippen molar-refractivity contribution in [2.45, 2.75) is 24.9 Å². The summed E-state index contributed by atoms with van der Waals surface area (Å²) in [5, 5.41) is 10.4. The highest BCUT2D eigenvalue weighted by molar-refractivity contribution is 5.85. The molecule has 1 atom stereocenters. The number of hydrogen-bond donors (Lipinski definition) is 2. The zero-order valence-corrected chi connectivity index (χ0v) is 10.2. The summed E-state index contributed by atoms with van der Waals surface area (Å²) in [7, 11) is 1.63. The highest BCUT2D eigenvalue weighted by Gasteiger charge is 2.33. The first-order chi connectivity index (χ1) is 7.19. The van der Waals surface area contributed by atoms with Crippen LogP contribution in [0.5, 0.6) is 5.75 Å². The van der Waals surface area contributed by atoms with E-state index in [0.717, 1.165) is 30.6 Å². The lowest BCUT2D eigenvalue weighted by molar-refractivity contribution is 0.0277. The molecule has 1 aromatic carbocycles. The maximum Gasteiger partial charge on any atom is 0.119 e. The van der Waals surface area contributed by atoms with Gasteiger partial charge in [0.25, 0.3) is 0 Å². The molecule has 0 bridgehead atoms. The van der Waals surface area contributed by atoms with Crippen molar-refractivity contribution in [3.05, 3.63) is 29.3 Å². The van der Waals surface area contributed by atoms with Crippen molar-refractivity contribution in [1.82, 2.24) is 0 Å². The van der Waals surface area contributed by atoms with Crippen LogP contribution in [0.2, 0.25) is 0 Å². The van der Waals surface area contributed by atoms with E-state index in [0.29, 0.717) is 0 Å². The second kappa shape index (κ2) is 5.04. The van der Waals surface area contributed by atoms with Gasteiger partial charge in [0.2, 0.25) is 0 Å². The van der Waals surface area contributed by atoms with Crippen molar-refractivity contribution in [3.8, 4) is 5.75 Å². The van der Waals surface area contributed by atoms with Crippen LogP contribution in [-0.2, 0) is 12.0 Å². The maximum atomic E-state index is 10.4. The Balaban J connectivity index is 0.00000128. The number of hydrogen-bond acceptors (Lipinski definition) is 3. The van der Waals surface area contributed by atoms with Crippen molar-refractivity contribution in [3.63, 3.8) is 0 Å². The summed E-state index contributed by atoms with van der Waals surface area (Å²) in [4.78, 5) is 0. The molecule has 0 saturated heterocycles. The van der Waals surface area contributed by atoms with E-state index in [1.807, 2.05) is 18.2 Å². The van der Waals surface area contributed by atoms with Gasteiger partial charge in [-0.15, -0.1) is 12.4 Å². The Kier molecular flexibility index (Phi) is 4.19. The predicted octanol–water partition coefficient (Wildman–Crippen LogP) is 1.60. The smallest absolute Gasteiger partial charge is 0.119 e. The fourth-order valence-corrected chi connectivity index (χ4v) is 2.25. The molecule has 0 amide bonds. The van der Waals surface area contributed by atoms with Crippen molar-refractivity contribution in [1.29, 1.82) is 0 Å². The van der Waals surface area contributed by atoms with E-state index in [1.54, 1.807) is 7.11 Å². The Morgan fingerprint density at radius 3 is 2.88 bits per heavy atom. The molecule has 0 aliphatic heterocycles. The second-order valence-corrected chi connectivity index (χ2v) is 4.11. The molecule has 1 aliphatic carbocycles. The molecule has 1 unspecified atom stereocenters. The number of aryl methyl sites for hydroxylation is 1. The SMILES string of the molecule is COc1ccc2c(c1)C(O)(CN)CCC2.Cl. The molecule has 16 heavy (non-hydrogen) atoms. The number of nitrogens with two attached hydrogens (primary N) is 1. The Labute approximate surface area is 102 Å². The summed E-state index contributed by atoms with van der Waals surface area (Å²) < 4.78 is 5.17. The van der Waals surface area contributed by atoms with Crippen LogP contribution in [0.15, 0.2) is 18.2 Å². The Morgan fingerprint density at radius 1 is 1.50 bits per heavy atom. The van der Waals surface area contributed by atoms with Gasteiger partial charge in [0.05, 0.1) is 7.11 Å². The van der Waals surface area contributed by atoms with Crippen molar-refractivity contribution in [2.75, 3.05) is 13.7 Å². The average molecular weight is 244 g/mol. The number of benzene rings is 1. The minimum atomic E-state index is -0.859. The topological polar surface area (TPSA) is 55.5 Å². The van der Waals surface area contributed by atoms with Gasteiger partial charge in [-0.2, -0.15) is 0 Å². The first kappa shape index (κ1) is 13.3. The summed E-state index contributed by atoms with van der Waals surface area (Å²) >= 11 is 0. The van der Waals surface area contributed by atoms with Gasteiger partial charge in [0, 0.05) is 6.54 Å². The molecule has 0 spiro atoms. The Morgan fingerprint density at radius 2 is 2.25 bits per heavy atom.